The maximum Gasteiger partial charge on any atom is 0.410 e. The third-order valence-corrected chi connectivity index (χ3v) is 6.73. The molecule has 1 fully saturated rings. The minimum Gasteiger partial charge on any atom is -0.479 e. The van der Waals surface area contributed by atoms with Crippen LogP contribution in [0.15, 0.2) is 72.8 Å². The van der Waals surface area contributed by atoms with Crippen LogP contribution in [0.2, 0.25) is 0 Å². The standard InChI is InChI=1S/C28H27NO4/c1-2-29(26(27(30)31)20-9-7-8-19(16-20)18-14-15-18)28(32)33-17-25-23-12-5-3-10-21(23)22-11-4-6-13-24(22)25/h3-13,16,18,25-26H,2,14-15,17H2,1H3,(H,30,31). The molecule has 33 heavy (non-hydrogen) atoms. The first kappa shape index (κ1) is 21.3. The first-order chi connectivity index (χ1) is 16.1. The Labute approximate surface area is 193 Å². The SMILES string of the molecule is CCN(C(=O)OCC1c2ccccc2-c2ccccc21)C(C(=O)O)c1cccc(C2CC2)c1. The molecule has 1 N–H and O–H groups in total. The van der Waals surface area contributed by atoms with Crippen LogP contribution in [0.3, 0.4) is 0 Å². The number of amides is 1. The van der Waals surface area contributed by atoms with Crippen molar-refractivity contribution in [3.63, 3.8) is 0 Å². The molecule has 0 spiro atoms. The van der Waals surface area contributed by atoms with Crippen LogP contribution < -0.4 is 0 Å². The molecule has 5 rings (SSSR count). The zero-order chi connectivity index (χ0) is 22.9. The van der Waals surface area contributed by atoms with Crippen molar-refractivity contribution in [3.8, 4) is 11.1 Å². The predicted octanol–water partition coefficient (Wildman–Crippen LogP) is 5.96. The van der Waals surface area contributed by atoms with E-state index in [2.05, 4.69) is 24.3 Å². The van der Waals surface area contributed by atoms with Crippen LogP contribution in [-0.4, -0.2) is 35.2 Å². The van der Waals surface area contributed by atoms with E-state index in [9.17, 15) is 14.7 Å². The number of benzene rings is 3. The van der Waals surface area contributed by atoms with E-state index in [0.717, 1.165) is 40.7 Å². The lowest BCUT2D eigenvalue weighted by atomic mass is 9.98. The van der Waals surface area contributed by atoms with E-state index in [1.165, 1.54) is 4.90 Å². The number of nitrogens with zero attached hydrogens (tertiary/aromatic N) is 1. The van der Waals surface area contributed by atoms with E-state index in [4.69, 9.17) is 4.74 Å². The molecule has 168 valence electrons. The summed E-state index contributed by atoms with van der Waals surface area (Å²) in [5.41, 5.74) is 6.32. The van der Waals surface area contributed by atoms with Crippen molar-refractivity contribution >= 4 is 12.1 Å². The Hall–Kier alpha value is -3.60. The summed E-state index contributed by atoms with van der Waals surface area (Å²) in [5.74, 6) is -0.622. The number of carbonyl (C=O) groups excluding carboxylic acids is 1. The van der Waals surface area contributed by atoms with E-state index >= 15 is 0 Å². The number of hydrogen-bond acceptors (Lipinski definition) is 3. The van der Waals surface area contributed by atoms with Gasteiger partial charge in [0.05, 0.1) is 0 Å². The summed E-state index contributed by atoms with van der Waals surface area (Å²) < 4.78 is 5.76. The molecule has 3 aromatic rings. The van der Waals surface area contributed by atoms with Crippen molar-refractivity contribution in [3.05, 3.63) is 95.1 Å². The smallest absolute Gasteiger partial charge is 0.410 e. The largest absolute Gasteiger partial charge is 0.479 e. The Morgan fingerprint density at radius 2 is 1.61 bits per heavy atom. The van der Waals surface area contributed by atoms with Gasteiger partial charge in [0.25, 0.3) is 0 Å². The van der Waals surface area contributed by atoms with E-state index in [0.29, 0.717) is 11.5 Å². The van der Waals surface area contributed by atoms with Gasteiger partial charge in [-0.1, -0.05) is 72.8 Å². The zero-order valence-electron chi connectivity index (χ0n) is 18.6. The first-order valence-electron chi connectivity index (χ1n) is 11.5. The molecule has 5 heteroatoms. The van der Waals surface area contributed by atoms with Crippen LogP contribution >= 0.6 is 0 Å². The van der Waals surface area contributed by atoms with Gasteiger partial charge in [-0.3, -0.25) is 4.90 Å². The normalized spacial score (nSPS) is 15.4. The zero-order valence-corrected chi connectivity index (χ0v) is 18.6. The lowest BCUT2D eigenvalue weighted by Crippen LogP contribution is -2.39. The Balaban J connectivity index is 1.37. The number of ether oxygens (including phenoxy) is 1. The molecule has 0 radical (unpaired) electrons. The molecule has 5 nitrogen and oxygen atoms in total. The second-order valence-electron chi connectivity index (χ2n) is 8.78. The van der Waals surface area contributed by atoms with Crippen LogP contribution in [-0.2, 0) is 9.53 Å². The molecule has 1 atom stereocenters. The maximum absolute atomic E-state index is 13.1. The Morgan fingerprint density at radius 3 is 2.18 bits per heavy atom. The second-order valence-corrected chi connectivity index (χ2v) is 8.78. The summed E-state index contributed by atoms with van der Waals surface area (Å²) in [6.07, 6.45) is 1.65. The van der Waals surface area contributed by atoms with E-state index < -0.39 is 18.1 Å². The summed E-state index contributed by atoms with van der Waals surface area (Å²) >= 11 is 0. The second kappa shape index (κ2) is 8.74. The van der Waals surface area contributed by atoms with Crippen LogP contribution in [0.4, 0.5) is 4.79 Å². The highest BCUT2D eigenvalue weighted by Gasteiger charge is 2.34. The average molecular weight is 442 g/mol. The van der Waals surface area contributed by atoms with Gasteiger partial charge in [0.2, 0.25) is 0 Å². The molecule has 2 aliphatic rings. The summed E-state index contributed by atoms with van der Waals surface area (Å²) in [6, 6.07) is 22.8. The molecule has 1 amide bonds. The molecule has 3 aromatic carbocycles. The molecule has 0 heterocycles. The van der Waals surface area contributed by atoms with Crippen molar-refractivity contribution in [2.45, 2.75) is 37.6 Å². The number of rotatable bonds is 7. The third-order valence-electron chi connectivity index (χ3n) is 6.73. The molecular formula is C28H27NO4. The van der Waals surface area contributed by atoms with Gasteiger partial charge in [-0.05, 0) is 59.1 Å². The van der Waals surface area contributed by atoms with Gasteiger partial charge in [-0.2, -0.15) is 0 Å². The molecule has 0 saturated heterocycles. The Bertz CT molecular complexity index is 1150. The van der Waals surface area contributed by atoms with Crippen molar-refractivity contribution in [1.82, 2.24) is 4.90 Å². The van der Waals surface area contributed by atoms with Crippen LogP contribution in [0.25, 0.3) is 11.1 Å². The highest BCUT2D eigenvalue weighted by molar-refractivity contribution is 5.82. The van der Waals surface area contributed by atoms with Gasteiger partial charge in [0.15, 0.2) is 6.04 Å². The number of hydrogen-bond donors (Lipinski definition) is 1. The Morgan fingerprint density at radius 1 is 0.970 bits per heavy atom. The fourth-order valence-corrected chi connectivity index (χ4v) is 4.95. The minimum absolute atomic E-state index is 0.0680. The number of carboxylic acid groups (broad SMARTS) is 1. The highest BCUT2D eigenvalue weighted by atomic mass is 16.6. The van der Waals surface area contributed by atoms with Crippen molar-refractivity contribution in [1.29, 1.82) is 0 Å². The van der Waals surface area contributed by atoms with Gasteiger partial charge in [0.1, 0.15) is 6.61 Å². The summed E-state index contributed by atoms with van der Waals surface area (Å²) in [7, 11) is 0. The van der Waals surface area contributed by atoms with Crippen molar-refractivity contribution in [2.75, 3.05) is 13.2 Å². The number of carbonyl (C=O) groups is 2. The third kappa shape index (κ3) is 3.99. The summed E-state index contributed by atoms with van der Waals surface area (Å²) in [4.78, 5) is 26.7. The number of aliphatic carboxylic acids is 1. The Kier molecular flexibility index (Phi) is 5.63. The highest BCUT2D eigenvalue weighted by Crippen LogP contribution is 2.45. The molecule has 1 unspecified atom stereocenters. The van der Waals surface area contributed by atoms with Crippen molar-refractivity contribution < 1.29 is 19.4 Å². The van der Waals surface area contributed by atoms with Gasteiger partial charge in [0, 0.05) is 12.5 Å². The van der Waals surface area contributed by atoms with Crippen LogP contribution in [0.1, 0.15) is 59.9 Å². The average Bonchev–Trinajstić information content (AvgIpc) is 3.64. The van der Waals surface area contributed by atoms with E-state index in [1.54, 1.807) is 13.0 Å². The van der Waals surface area contributed by atoms with Gasteiger partial charge in [-0.25, -0.2) is 9.59 Å². The van der Waals surface area contributed by atoms with Crippen LogP contribution in [0.5, 0.6) is 0 Å². The first-order valence-corrected chi connectivity index (χ1v) is 11.5. The van der Waals surface area contributed by atoms with Crippen LogP contribution in [0, 0.1) is 0 Å². The fourth-order valence-electron chi connectivity index (χ4n) is 4.95. The topological polar surface area (TPSA) is 66.8 Å². The van der Waals surface area contributed by atoms with Crippen molar-refractivity contribution in [2.24, 2.45) is 0 Å². The quantitative estimate of drug-likeness (QED) is 0.491. The van der Waals surface area contributed by atoms with Gasteiger partial charge >= 0.3 is 12.1 Å². The molecule has 0 aromatic heterocycles. The van der Waals surface area contributed by atoms with Gasteiger partial charge < -0.3 is 9.84 Å². The lowest BCUT2D eigenvalue weighted by Gasteiger charge is -2.28. The minimum atomic E-state index is -1.08. The molecule has 1 saturated carbocycles. The van der Waals surface area contributed by atoms with E-state index in [1.807, 2.05) is 42.5 Å². The molecule has 0 aliphatic heterocycles. The van der Waals surface area contributed by atoms with E-state index in [-0.39, 0.29) is 19.1 Å². The number of fused-ring (bicyclic) bond motifs is 3. The number of carboxylic acids is 1. The lowest BCUT2D eigenvalue weighted by molar-refractivity contribution is -0.143. The maximum atomic E-state index is 13.1. The molecule has 0 bridgehead atoms. The van der Waals surface area contributed by atoms with Gasteiger partial charge in [-0.15, -0.1) is 0 Å². The number of likely N-dealkylation sites (N-methyl/N-ethyl adjacent to an activating group) is 1. The summed E-state index contributed by atoms with van der Waals surface area (Å²) in [6.45, 7) is 2.18. The molecular weight excluding hydrogens is 414 g/mol. The molecule has 2 aliphatic carbocycles. The fraction of sp³-hybridized carbons (Fsp3) is 0.286. The monoisotopic (exact) mass is 441 g/mol. The summed E-state index contributed by atoms with van der Waals surface area (Å²) in [5, 5.41) is 10.0. The predicted molar refractivity (Wildman–Crippen MR) is 126 cm³/mol.